The molecule has 2 rings (SSSR count). The van der Waals surface area contributed by atoms with Crippen LogP contribution in [0, 0.1) is 0 Å². The predicted molar refractivity (Wildman–Crippen MR) is 85.4 cm³/mol. The first kappa shape index (κ1) is 15.8. The van der Waals surface area contributed by atoms with E-state index in [4.69, 9.17) is 10.5 Å². The standard InChI is InChI=1S/C13H23N3O.HI/c1-11-10-16(8-9-17-11)13(14)15-7-6-12-4-2-3-5-12;/h4,11H,2-3,5-10H2,1H3,(H2,14,15);1H. The van der Waals surface area contributed by atoms with E-state index in [0.29, 0.717) is 5.96 Å². The summed E-state index contributed by atoms with van der Waals surface area (Å²) < 4.78 is 5.48. The van der Waals surface area contributed by atoms with E-state index in [9.17, 15) is 0 Å². The molecule has 0 bridgehead atoms. The highest BCUT2D eigenvalue weighted by atomic mass is 127. The van der Waals surface area contributed by atoms with Gasteiger partial charge in [0.2, 0.25) is 0 Å². The van der Waals surface area contributed by atoms with Crippen molar-refractivity contribution in [1.82, 2.24) is 4.90 Å². The third-order valence-corrected chi connectivity index (χ3v) is 3.41. The van der Waals surface area contributed by atoms with Gasteiger partial charge in [-0.1, -0.05) is 11.6 Å². The van der Waals surface area contributed by atoms with Gasteiger partial charge in [-0.15, -0.1) is 24.0 Å². The van der Waals surface area contributed by atoms with Crippen molar-refractivity contribution < 1.29 is 4.74 Å². The molecule has 0 saturated carbocycles. The second-order valence-corrected chi connectivity index (χ2v) is 4.87. The number of hydrogen-bond acceptors (Lipinski definition) is 2. The quantitative estimate of drug-likeness (QED) is 0.361. The molecule has 18 heavy (non-hydrogen) atoms. The highest BCUT2D eigenvalue weighted by Crippen LogP contribution is 2.20. The van der Waals surface area contributed by atoms with Crippen LogP contribution in [-0.2, 0) is 4.74 Å². The van der Waals surface area contributed by atoms with Crippen molar-refractivity contribution >= 4 is 29.9 Å². The van der Waals surface area contributed by atoms with E-state index in [1.807, 2.05) is 0 Å². The van der Waals surface area contributed by atoms with Gasteiger partial charge in [-0.3, -0.25) is 4.99 Å². The van der Waals surface area contributed by atoms with Crippen LogP contribution >= 0.6 is 24.0 Å². The lowest BCUT2D eigenvalue weighted by atomic mass is 10.2. The van der Waals surface area contributed by atoms with E-state index in [1.165, 1.54) is 19.3 Å². The molecule has 2 aliphatic rings. The van der Waals surface area contributed by atoms with E-state index in [-0.39, 0.29) is 30.1 Å². The Labute approximate surface area is 127 Å². The van der Waals surface area contributed by atoms with Gasteiger partial charge in [0.1, 0.15) is 0 Å². The predicted octanol–water partition coefficient (Wildman–Crippen LogP) is 2.14. The van der Waals surface area contributed by atoms with Crippen molar-refractivity contribution in [2.75, 3.05) is 26.2 Å². The van der Waals surface area contributed by atoms with E-state index in [1.54, 1.807) is 5.57 Å². The molecule has 1 fully saturated rings. The Hall–Kier alpha value is -0.300. The van der Waals surface area contributed by atoms with Crippen LogP contribution in [0.15, 0.2) is 16.6 Å². The van der Waals surface area contributed by atoms with Crippen molar-refractivity contribution in [3.63, 3.8) is 0 Å². The van der Waals surface area contributed by atoms with Crippen molar-refractivity contribution in [3.05, 3.63) is 11.6 Å². The summed E-state index contributed by atoms with van der Waals surface area (Å²) in [4.78, 5) is 6.59. The summed E-state index contributed by atoms with van der Waals surface area (Å²) in [6.07, 6.45) is 7.49. The Morgan fingerprint density at radius 2 is 2.44 bits per heavy atom. The average molecular weight is 365 g/mol. The van der Waals surface area contributed by atoms with Gasteiger partial charge in [-0.2, -0.15) is 0 Å². The maximum absolute atomic E-state index is 6.00. The molecular formula is C13H24IN3O. The second kappa shape index (κ2) is 7.99. The van der Waals surface area contributed by atoms with E-state index >= 15 is 0 Å². The van der Waals surface area contributed by atoms with Crippen molar-refractivity contribution in [1.29, 1.82) is 0 Å². The highest BCUT2D eigenvalue weighted by molar-refractivity contribution is 14.0. The second-order valence-electron chi connectivity index (χ2n) is 4.87. The Kier molecular flexibility index (Phi) is 6.99. The average Bonchev–Trinajstić information content (AvgIpc) is 2.82. The van der Waals surface area contributed by atoms with E-state index < -0.39 is 0 Å². The van der Waals surface area contributed by atoms with Crippen LogP contribution in [0.5, 0.6) is 0 Å². The topological polar surface area (TPSA) is 50.8 Å². The first-order valence-corrected chi connectivity index (χ1v) is 6.60. The summed E-state index contributed by atoms with van der Waals surface area (Å²) >= 11 is 0. The maximum Gasteiger partial charge on any atom is 0.191 e. The lowest BCUT2D eigenvalue weighted by Crippen LogP contribution is -2.47. The molecule has 0 aromatic rings. The van der Waals surface area contributed by atoms with Crippen LogP contribution < -0.4 is 5.73 Å². The summed E-state index contributed by atoms with van der Waals surface area (Å²) in [5.74, 6) is 0.679. The zero-order chi connectivity index (χ0) is 12.1. The van der Waals surface area contributed by atoms with E-state index in [0.717, 1.165) is 32.7 Å². The number of ether oxygens (including phenoxy) is 1. The number of hydrogen-bond donors (Lipinski definition) is 1. The Bertz CT molecular complexity index is 317. The fourth-order valence-corrected chi connectivity index (χ4v) is 2.41. The molecule has 1 aliphatic heterocycles. The van der Waals surface area contributed by atoms with Crippen molar-refractivity contribution in [3.8, 4) is 0 Å². The molecule has 0 aromatic carbocycles. The third kappa shape index (κ3) is 4.76. The minimum absolute atomic E-state index is 0. The summed E-state index contributed by atoms with van der Waals surface area (Å²) in [5.41, 5.74) is 7.55. The lowest BCUT2D eigenvalue weighted by molar-refractivity contribution is 0.00530. The molecule has 1 atom stereocenters. The van der Waals surface area contributed by atoms with E-state index in [2.05, 4.69) is 22.9 Å². The number of allylic oxidation sites excluding steroid dienone is 1. The molecule has 1 unspecified atom stereocenters. The SMILES string of the molecule is CC1CN(C(N)=NCCC2=CCCC2)CCO1.I. The van der Waals surface area contributed by atoms with Crippen molar-refractivity contribution in [2.45, 2.75) is 38.7 Å². The number of halogens is 1. The monoisotopic (exact) mass is 365 g/mol. The van der Waals surface area contributed by atoms with Gasteiger partial charge in [-0.25, -0.2) is 0 Å². The lowest BCUT2D eigenvalue weighted by Gasteiger charge is -2.31. The summed E-state index contributed by atoms with van der Waals surface area (Å²) in [5, 5.41) is 0. The highest BCUT2D eigenvalue weighted by Gasteiger charge is 2.17. The summed E-state index contributed by atoms with van der Waals surface area (Å²) in [6, 6.07) is 0. The van der Waals surface area contributed by atoms with Gasteiger partial charge in [0.25, 0.3) is 0 Å². The first-order valence-electron chi connectivity index (χ1n) is 6.60. The molecule has 1 saturated heterocycles. The van der Waals surface area contributed by atoms with Crippen LogP contribution in [0.1, 0.15) is 32.6 Å². The number of aliphatic imine (C=N–C) groups is 1. The van der Waals surface area contributed by atoms with Crippen LogP contribution in [0.25, 0.3) is 0 Å². The molecule has 1 aliphatic carbocycles. The fourth-order valence-electron chi connectivity index (χ4n) is 2.41. The molecule has 2 N–H and O–H groups in total. The van der Waals surface area contributed by atoms with Crippen LogP contribution in [0.3, 0.4) is 0 Å². The van der Waals surface area contributed by atoms with Crippen LogP contribution in [0.2, 0.25) is 0 Å². The van der Waals surface area contributed by atoms with Gasteiger partial charge >= 0.3 is 0 Å². The molecule has 0 aromatic heterocycles. The van der Waals surface area contributed by atoms with Crippen LogP contribution in [0.4, 0.5) is 0 Å². The van der Waals surface area contributed by atoms with Gasteiger partial charge in [-0.05, 0) is 32.6 Å². The van der Waals surface area contributed by atoms with Gasteiger partial charge in [0.05, 0.1) is 12.7 Å². The van der Waals surface area contributed by atoms with Gasteiger partial charge in [0, 0.05) is 19.6 Å². The Morgan fingerprint density at radius 3 is 3.11 bits per heavy atom. The number of morpholine rings is 1. The number of nitrogens with zero attached hydrogens (tertiary/aromatic N) is 2. The Balaban J connectivity index is 0.00000162. The molecule has 1 heterocycles. The van der Waals surface area contributed by atoms with Crippen molar-refractivity contribution in [2.24, 2.45) is 10.7 Å². The number of guanidine groups is 1. The number of rotatable bonds is 3. The fraction of sp³-hybridized carbons (Fsp3) is 0.769. The minimum atomic E-state index is 0. The van der Waals surface area contributed by atoms with Gasteiger partial charge in [0.15, 0.2) is 5.96 Å². The largest absolute Gasteiger partial charge is 0.375 e. The maximum atomic E-state index is 6.00. The minimum Gasteiger partial charge on any atom is -0.375 e. The molecule has 4 nitrogen and oxygen atoms in total. The molecular weight excluding hydrogens is 341 g/mol. The molecule has 0 spiro atoms. The van der Waals surface area contributed by atoms with Crippen LogP contribution in [-0.4, -0.2) is 43.2 Å². The smallest absolute Gasteiger partial charge is 0.191 e. The zero-order valence-corrected chi connectivity index (χ0v) is 13.4. The summed E-state index contributed by atoms with van der Waals surface area (Å²) in [7, 11) is 0. The number of nitrogens with two attached hydrogens (primary N) is 1. The first-order chi connectivity index (χ1) is 8.25. The normalized spacial score (nSPS) is 24.7. The summed E-state index contributed by atoms with van der Waals surface area (Å²) in [6.45, 7) is 5.37. The molecule has 5 heteroatoms. The molecule has 0 radical (unpaired) electrons. The molecule has 104 valence electrons. The Morgan fingerprint density at radius 1 is 1.61 bits per heavy atom. The third-order valence-electron chi connectivity index (χ3n) is 3.41. The molecule has 0 amide bonds. The van der Waals surface area contributed by atoms with Gasteiger partial charge < -0.3 is 15.4 Å². The zero-order valence-electron chi connectivity index (χ0n) is 11.1.